The molecule has 1 aromatic carbocycles. The van der Waals surface area contributed by atoms with E-state index in [0.717, 1.165) is 24.9 Å². The Morgan fingerprint density at radius 1 is 1.10 bits per heavy atom. The molecule has 0 aliphatic carbocycles. The van der Waals surface area contributed by atoms with E-state index in [0.29, 0.717) is 6.04 Å². The van der Waals surface area contributed by atoms with E-state index in [1.54, 1.807) is 0 Å². The van der Waals surface area contributed by atoms with Gasteiger partial charge >= 0.3 is 0 Å². The maximum atomic E-state index is 6.24. The van der Waals surface area contributed by atoms with Crippen LogP contribution in [0.25, 0.3) is 0 Å². The zero-order valence-electron chi connectivity index (χ0n) is 13.9. The van der Waals surface area contributed by atoms with Crippen LogP contribution in [-0.4, -0.2) is 6.04 Å². The van der Waals surface area contributed by atoms with Crippen LogP contribution < -0.4 is 11.5 Å². The van der Waals surface area contributed by atoms with Gasteiger partial charge in [-0.2, -0.15) is 0 Å². The van der Waals surface area contributed by atoms with Gasteiger partial charge in [0.25, 0.3) is 0 Å². The van der Waals surface area contributed by atoms with Crippen LogP contribution in [0.1, 0.15) is 70.6 Å². The molecule has 0 heterocycles. The Kier molecular flexibility index (Phi) is 6.07. The molecule has 2 heteroatoms. The van der Waals surface area contributed by atoms with E-state index in [1.165, 1.54) is 29.5 Å². The van der Waals surface area contributed by atoms with Crippen LogP contribution in [0.4, 0.5) is 5.69 Å². The fourth-order valence-corrected chi connectivity index (χ4v) is 2.76. The molecule has 1 unspecified atom stereocenters. The first kappa shape index (κ1) is 17.0. The van der Waals surface area contributed by atoms with E-state index in [2.05, 4.69) is 46.8 Å². The Bertz CT molecular complexity index is 408. The molecule has 114 valence electrons. The van der Waals surface area contributed by atoms with Crippen molar-refractivity contribution in [1.29, 1.82) is 0 Å². The van der Waals surface area contributed by atoms with Gasteiger partial charge in [-0.15, -0.1) is 0 Å². The second kappa shape index (κ2) is 7.12. The summed E-state index contributed by atoms with van der Waals surface area (Å²) >= 11 is 0. The molecule has 0 radical (unpaired) electrons. The predicted molar refractivity (Wildman–Crippen MR) is 90.1 cm³/mol. The lowest BCUT2D eigenvalue weighted by Crippen LogP contribution is -2.21. The number of nitrogens with two attached hydrogens (primary N) is 2. The predicted octanol–water partition coefficient (Wildman–Crippen LogP) is 4.19. The quantitative estimate of drug-likeness (QED) is 0.734. The van der Waals surface area contributed by atoms with Crippen molar-refractivity contribution in [2.45, 2.75) is 78.2 Å². The summed E-state index contributed by atoms with van der Waals surface area (Å²) in [6.07, 6.45) is 5.45. The molecule has 1 atom stereocenters. The molecule has 0 aliphatic heterocycles. The van der Waals surface area contributed by atoms with Crippen molar-refractivity contribution in [2.75, 3.05) is 5.73 Å². The molecular weight excluding hydrogens is 244 g/mol. The summed E-state index contributed by atoms with van der Waals surface area (Å²) in [7, 11) is 0. The van der Waals surface area contributed by atoms with E-state index < -0.39 is 0 Å². The minimum Gasteiger partial charge on any atom is -0.398 e. The van der Waals surface area contributed by atoms with Gasteiger partial charge in [-0.05, 0) is 54.7 Å². The molecule has 0 amide bonds. The maximum absolute atomic E-state index is 6.24. The Hall–Kier alpha value is -1.02. The summed E-state index contributed by atoms with van der Waals surface area (Å²) in [6, 6.07) is 4.91. The molecule has 2 nitrogen and oxygen atoms in total. The minimum absolute atomic E-state index is 0.191. The first-order chi connectivity index (χ1) is 9.31. The number of nitrogen functional groups attached to an aromatic ring is 1. The fraction of sp³-hybridized carbons (Fsp3) is 0.667. The van der Waals surface area contributed by atoms with E-state index in [9.17, 15) is 0 Å². The highest BCUT2D eigenvalue weighted by molar-refractivity contribution is 5.56. The number of benzene rings is 1. The third-order valence-corrected chi connectivity index (χ3v) is 4.36. The summed E-state index contributed by atoms with van der Waals surface area (Å²) in [6.45, 7) is 11.1. The van der Waals surface area contributed by atoms with Crippen LogP contribution >= 0.6 is 0 Å². The van der Waals surface area contributed by atoms with Crippen LogP contribution in [0, 0.1) is 0 Å². The highest BCUT2D eigenvalue weighted by atomic mass is 14.6. The normalized spacial score (nSPS) is 13.5. The maximum Gasteiger partial charge on any atom is 0.0379 e. The third kappa shape index (κ3) is 4.24. The molecule has 20 heavy (non-hydrogen) atoms. The van der Waals surface area contributed by atoms with Crippen molar-refractivity contribution in [3.8, 4) is 0 Å². The number of rotatable bonds is 7. The summed E-state index contributed by atoms with van der Waals surface area (Å²) in [4.78, 5) is 0. The largest absolute Gasteiger partial charge is 0.398 e. The molecule has 0 spiro atoms. The van der Waals surface area contributed by atoms with Gasteiger partial charge in [0.1, 0.15) is 0 Å². The average molecular weight is 276 g/mol. The van der Waals surface area contributed by atoms with Crippen molar-refractivity contribution >= 4 is 5.69 Å². The highest BCUT2D eigenvalue weighted by Crippen LogP contribution is 2.33. The number of hydrogen-bond acceptors (Lipinski definition) is 2. The Labute approximate surface area is 124 Å². The van der Waals surface area contributed by atoms with Gasteiger partial charge in [0.15, 0.2) is 0 Å². The van der Waals surface area contributed by atoms with Gasteiger partial charge in [-0.25, -0.2) is 0 Å². The Morgan fingerprint density at radius 3 is 2.00 bits per heavy atom. The van der Waals surface area contributed by atoms with E-state index in [4.69, 9.17) is 11.5 Å². The van der Waals surface area contributed by atoms with Crippen LogP contribution in [0.3, 0.4) is 0 Å². The standard InChI is InChI=1S/C18H32N2/c1-6-14-11-16(12-15(7-2)17(14)20)18(4,5)10-8-9-13(3)19/h11-13H,6-10,19-20H2,1-5H3. The zero-order valence-corrected chi connectivity index (χ0v) is 13.9. The molecular formula is C18H32N2. The van der Waals surface area contributed by atoms with Gasteiger partial charge in [-0.3, -0.25) is 0 Å². The van der Waals surface area contributed by atoms with Gasteiger partial charge < -0.3 is 11.5 Å². The summed E-state index contributed by atoms with van der Waals surface area (Å²) in [5.41, 5.74) is 17.3. The third-order valence-electron chi connectivity index (χ3n) is 4.36. The Morgan fingerprint density at radius 2 is 1.60 bits per heavy atom. The minimum atomic E-state index is 0.191. The molecule has 0 saturated carbocycles. The molecule has 1 rings (SSSR count). The topological polar surface area (TPSA) is 52.0 Å². The molecule has 0 aromatic heterocycles. The van der Waals surface area contributed by atoms with Crippen LogP contribution in [0.2, 0.25) is 0 Å². The summed E-state index contributed by atoms with van der Waals surface area (Å²) < 4.78 is 0. The van der Waals surface area contributed by atoms with Gasteiger partial charge in [-0.1, -0.05) is 46.2 Å². The first-order valence-corrected chi connectivity index (χ1v) is 7.99. The lowest BCUT2D eigenvalue weighted by Gasteiger charge is -2.28. The summed E-state index contributed by atoms with van der Waals surface area (Å²) in [5, 5.41) is 0. The first-order valence-electron chi connectivity index (χ1n) is 7.99. The highest BCUT2D eigenvalue weighted by Gasteiger charge is 2.22. The van der Waals surface area contributed by atoms with Crippen LogP contribution in [-0.2, 0) is 18.3 Å². The zero-order chi connectivity index (χ0) is 15.3. The van der Waals surface area contributed by atoms with E-state index in [1.807, 2.05) is 0 Å². The van der Waals surface area contributed by atoms with E-state index >= 15 is 0 Å². The van der Waals surface area contributed by atoms with E-state index in [-0.39, 0.29) is 5.41 Å². The molecule has 0 bridgehead atoms. The molecule has 0 saturated heterocycles. The number of anilines is 1. The van der Waals surface area contributed by atoms with Crippen molar-refractivity contribution in [3.05, 3.63) is 28.8 Å². The lowest BCUT2D eigenvalue weighted by molar-refractivity contribution is 0.439. The number of hydrogen-bond donors (Lipinski definition) is 2. The van der Waals surface area contributed by atoms with Gasteiger partial charge in [0.05, 0.1) is 0 Å². The second-order valence-electron chi connectivity index (χ2n) is 6.67. The van der Waals surface area contributed by atoms with Crippen molar-refractivity contribution in [1.82, 2.24) is 0 Å². The van der Waals surface area contributed by atoms with Gasteiger partial charge in [0.2, 0.25) is 0 Å². The molecule has 0 aliphatic rings. The SMILES string of the molecule is CCc1cc(C(C)(C)CCCC(C)N)cc(CC)c1N. The molecule has 0 fully saturated rings. The average Bonchev–Trinajstić information content (AvgIpc) is 2.38. The van der Waals surface area contributed by atoms with Crippen molar-refractivity contribution < 1.29 is 0 Å². The lowest BCUT2D eigenvalue weighted by atomic mass is 9.78. The smallest absolute Gasteiger partial charge is 0.0379 e. The van der Waals surface area contributed by atoms with Crippen molar-refractivity contribution in [3.63, 3.8) is 0 Å². The number of aryl methyl sites for hydroxylation is 2. The molecule has 1 aromatic rings. The Balaban J connectivity index is 2.98. The summed E-state index contributed by atoms with van der Waals surface area (Å²) in [5.74, 6) is 0. The monoisotopic (exact) mass is 276 g/mol. The second-order valence-corrected chi connectivity index (χ2v) is 6.67. The van der Waals surface area contributed by atoms with Crippen LogP contribution in [0.15, 0.2) is 12.1 Å². The van der Waals surface area contributed by atoms with Gasteiger partial charge in [0, 0.05) is 11.7 Å². The van der Waals surface area contributed by atoms with Crippen LogP contribution in [0.5, 0.6) is 0 Å². The van der Waals surface area contributed by atoms with Crippen molar-refractivity contribution in [2.24, 2.45) is 5.73 Å². The fourth-order valence-electron chi connectivity index (χ4n) is 2.76. The molecule has 4 N–H and O–H groups in total.